The van der Waals surface area contributed by atoms with Gasteiger partial charge in [0.15, 0.2) is 0 Å². The first-order valence-corrected chi connectivity index (χ1v) is 30.3. The molecule has 1 heterocycles. The number of aryl methyl sites for hydroxylation is 4. The van der Waals surface area contributed by atoms with Gasteiger partial charge in [0.25, 0.3) is 0 Å². The van der Waals surface area contributed by atoms with Gasteiger partial charge in [-0.2, -0.15) is 0 Å². The van der Waals surface area contributed by atoms with Crippen molar-refractivity contribution in [3.8, 4) is 22.3 Å². The molecule has 0 bridgehead atoms. The molecule has 1 fully saturated rings. The molecule has 3 aliphatic rings. The first-order valence-electron chi connectivity index (χ1n) is 19.0. The SMILES string of the molecule is Cc1ccc(C2(c3ccc(C)cc3)C3=Cc4c(-c5cccc(C)c5C)cccc4[CH]3[Hf]([CH3])([CH3])[CH]3C2=Cc2c(-c4cccc(C)c4C)cccc23)cc1. The zero-order valence-electron chi connectivity index (χ0n) is 31.9. The van der Waals surface area contributed by atoms with Crippen molar-refractivity contribution in [2.24, 2.45) is 0 Å². The van der Waals surface area contributed by atoms with Gasteiger partial charge in [-0.15, -0.1) is 0 Å². The number of hydrogen-bond donors (Lipinski definition) is 0. The molecule has 2 aliphatic carbocycles. The molecule has 0 spiro atoms. The van der Waals surface area contributed by atoms with Crippen LogP contribution in [0.1, 0.15) is 74.1 Å². The summed E-state index contributed by atoms with van der Waals surface area (Å²) >= 11 is -3.40. The van der Waals surface area contributed by atoms with Crippen LogP contribution < -0.4 is 0 Å². The van der Waals surface area contributed by atoms with Gasteiger partial charge < -0.3 is 0 Å². The Bertz CT molecular complexity index is 2310. The second-order valence-corrected chi connectivity index (χ2v) is 33.7. The Balaban J connectivity index is 1.42. The molecule has 2 atom stereocenters. The third-order valence-corrected chi connectivity index (χ3v) is 28.4. The van der Waals surface area contributed by atoms with Crippen LogP contribution in [0.3, 0.4) is 0 Å². The van der Waals surface area contributed by atoms with Crippen molar-refractivity contribution in [3.05, 3.63) is 199 Å². The first-order chi connectivity index (χ1) is 25.0. The molecular formula is C51H48Hf. The van der Waals surface area contributed by atoms with Crippen molar-refractivity contribution in [1.82, 2.24) is 0 Å². The van der Waals surface area contributed by atoms with Gasteiger partial charge in [0.2, 0.25) is 0 Å². The van der Waals surface area contributed by atoms with E-state index in [0.717, 1.165) is 0 Å². The van der Waals surface area contributed by atoms with Crippen LogP contribution in [0, 0.1) is 41.5 Å². The van der Waals surface area contributed by atoms with Gasteiger partial charge in [0.1, 0.15) is 0 Å². The molecule has 0 aromatic heterocycles. The molecule has 1 aliphatic heterocycles. The fraction of sp³-hybridized carbons (Fsp3) is 0.216. The Morgan fingerprint density at radius 1 is 0.423 bits per heavy atom. The third-order valence-electron chi connectivity index (χ3n) is 13.2. The number of rotatable bonds is 4. The molecule has 256 valence electrons. The monoisotopic (exact) mass is 840 g/mol. The Morgan fingerprint density at radius 2 is 0.788 bits per heavy atom. The van der Waals surface area contributed by atoms with Gasteiger partial charge in [0, 0.05) is 0 Å². The van der Waals surface area contributed by atoms with E-state index in [1.165, 1.54) is 77.9 Å². The molecule has 1 heteroatoms. The summed E-state index contributed by atoms with van der Waals surface area (Å²) in [5, 5.41) is 0. The van der Waals surface area contributed by atoms with Crippen molar-refractivity contribution in [2.45, 2.75) is 63.7 Å². The number of hydrogen-bond acceptors (Lipinski definition) is 0. The minimum absolute atomic E-state index is 0.401. The van der Waals surface area contributed by atoms with Crippen LogP contribution in [-0.4, -0.2) is 0 Å². The van der Waals surface area contributed by atoms with E-state index in [0.29, 0.717) is 7.35 Å². The second kappa shape index (κ2) is 12.1. The van der Waals surface area contributed by atoms with Gasteiger partial charge in [-0.1, -0.05) is 0 Å². The molecule has 52 heavy (non-hydrogen) atoms. The van der Waals surface area contributed by atoms with Gasteiger partial charge in [0.05, 0.1) is 0 Å². The van der Waals surface area contributed by atoms with E-state index >= 15 is 0 Å². The maximum atomic E-state index is 2.78. The molecule has 0 nitrogen and oxygen atoms in total. The van der Waals surface area contributed by atoms with Crippen LogP contribution in [0.15, 0.2) is 132 Å². The Morgan fingerprint density at radius 3 is 1.19 bits per heavy atom. The van der Waals surface area contributed by atoms with E-state index in [1.807, 2.05) is 0 Å². The van der Waals surface area contributed by atoms with Gasteiger partial charge in [-0.25, -0.2) is 0 Å². The van der Waals surface area contributed by atoms with Crippen LogP contribution in [0.2, 0.25) is 9.36 Å². The minimum atomic E-state index is -3.40. The number of fused-ring (bicyclic) bond motifs is 6. The zero-order chi connectivity index (χ0) is 36.1. The molecular weight excluding hydrogens is 791 g/mol. The molecule has 0 saturated carbocycles. The van der Waals surface area contributed by atoms with Crippen molar-refractivity contribution in [2.75, 3.05) is 0 Å². The molecule has 0 N–H and O–H groups in total. The average molecular weight is 839 g/mol. The van der Waals surface area contributed by atoms with Crippen LogP contribution in [0.25, 0.3) is 34.4 Å². The fourth-order valence-corrected chi connectivity index (χ4v) is 27.1. The second-order valence-electron chi connectivity index (χ2n) is 16.5. The molecule has 9 rings (SSSR count). The van der Waals surface area contributed by atoms with Crippen LogP contribution in [0.5, 0.6) is 0 Å². The number of benzene rings is 6. The Hall–Kier alpha value is -4.33. The van der Waals surface area contributed by atoms with Crippen molar-refractivity contribution in [3.63, 3.8) is 0 Å². The summed E-state index contributed by atoms with van der Waals surface area (Å²) in [5.41, 5.74) is 25.1. The Kier molecular flexibility index (Phi) is 7.80. The van der Waals surface area contributed by atoms with E-state index in [4.69, 9.17) is 0 Å². The summed E-state index contributed by atoms with van der Waals surface area (Å²) in [7, 11) is 0. The quantitative estimate of drug-likeness (QED) is 0.155. The van der Waals surface area contributed by atoms with Crippen LogP contribution in [-0.2, 0) is 25.4 Å². The molecule has 2 unspecified atom stereocenters. The van der Waals surface area contributed by atoms with Gasteiger partial charge in [-0.05, 0) is 0 Å². The zero-order valence-corrected chi connectivity index (χ0v) is 35.4. The number of allylic oxidation sites excluding steroid dienone is 2. The summed E-state index contributed by atoms with van der Waals surface area (Å²) in [6.07, 6.45) is 5.37. The molecule has 0 radical (unpaired) electrons. The average Bonchev–Trinajstić information content (AvgIpc) is 3.74. The molecule has 1 saturated heterocycles. The van der Waals surface area contributed by atoms with Gasteiger partial charge >= 0.3 is 317 Å². The van der Waals surface area contributed by atoms with Gasteiger partial charge in [-0.3, -0.25) is 0 Å². The van der Waals surface area contributed by atoms with E-state index in [-0.39, 0.29) is 0 Å². The van der Waals surface area contributed by atoms with Crippen molar-refractivity contribution in [1.29, 1.82) is 0 Å². The predicted octanol–water partition coefficient (Wildman–Crippen LogP) is 13.7. The predicted molar refractivity (Wildman–Crippen MR) is 219 cm³/mol. The summed E-state index contributed by atoms with van der Waals surface area (Å²) in [6, 6.07) is 47.2. The molecule has 6 aromatic carbocycles. The Labute approximate surface area is 315 Å². The fourth-order valence-electron chi connectivity index (χ4n) is 10.4. The van der Waals surface area contributed by atoms with E-state index < -0.39 is 25.4 Å². The van der Waals surface area contributed by atoms with E-state index in [2.05, 4.69) is 184 Å². The standard InChI is InChI=1S/C49H42.2CH3.Hf/c1-31-19-23-39(24-20-31)49(40-25-21-32(2)22-26-40,41-27-37-13-9-17-45(47(37)29-41)43-15-7-11-33(3)35(43)5)42-28-38-14-10-18-46(48(38)30-42)44-16-8-12-34(4)36(44)6;;;/h7-30H,1-6H3;2*1H3;. The van der Waals surface area contributed by atoms with E-state index in [9.17, 15) is 0 Å². The molecule has 0 amide bonds. The summed E-state index contributed by atoms with van der Waals surface area (Å²) in [6.45, 7) is 13.5. The normalized spacial score (nSPS) is 18.9. The summed E-state index contributed by atoms with van der Waals surface area (Å²) < 4.78 is 6.43. The maximum absolute atomic E-state index is 3.40. The first kappa shape index (κ1) is 33.5. The van der Waals surface area contributed by atoms with Crippen LogP contribution >= 0.6 is 0 Å². The molecule has 6 aromatic rings. The topological polar surface area (TPSA) is 0 Å². The van der Waals surface area contributed by atoms with Crippen LogP contribution in [0.4, 0.5) is 0 Å². The van der Waals surface area contributed by atoms with Crippen molar-refractivity contribution >= 4 is 12.2 Å². The van der Waals surface area contributed by atoms with E-state index in [1.54, 1.807) is 22.3 Å². The summed E-state index contributed by atoms with van der Waals surface area (Å²) in [5.74, 6) is 0. The van der Waals surface area contributed by atoms with Crippen molar-refractivity contribution < 1.29 is 20.0 Å². The third kappa shape index (κ3) is 4.67. The summed E-state index contributed by atoms with van der Waals surface area (Å²) in [4.78, 5) is 0.